The molecule has 3 fully saturated rings. The number of nitrogens with one attached hydrogen (secondary N) is 1. The minimum absolute atomic E-state index is 0.0520. The minimum Gasteiger partial charge on any atom is -0.481 e. The maximum Gasteiger partial charge on any atom is 0.303 e. The number of aliphatic carboxylic acids is 2. The zero-order chi connectivity index (χ0) is 36.1. The van der Waals surface area contributed by atoms with E-state index >= 15 is 0 Å². The molecule has 12 heteroatoms. The number of aliphatic imine (C=N–C) groups is 1. The Morgan fingerprint density at radius 2 is 1.78 bits per heavy atom. The molecule has 4 rings (SSSR count). The van der Waals surface area contributed by atoms with Crippen molar-refractivity contribution >= 4 is 41.0 Å². The summed E-state index contributed by atoms with van der Waals surface area (Å²) in [6.45, 7) is 20.0. The van der Waals surface area contributed by atoms with Crippen LogP contribution in [0, 0.1) is 17.8 Å². The largest absolute Gasteiger partial charge is 0.481 e. The predicted molar refractivity (Wildman–Crippen MR) is 200 cm³/mol. The van der Waals surface area contributed by atoms with Crippen LogP contribution in [0.4, 0.5) is 0 Å². The van der Waals surface area contributed by atoms with Crippen molar-refractivity contribution in [3.05, 3.63) is 46.2 Å². The molecule has 1 aromatic rings. The number of benzene rings is 1. The summed E-state index contributed by atoms with van der Waals surface area (Å²) >= 11 is 12.5. The number of piperidine rings is 3. The van der Waals surface area contributed by atoms with Gasteiger partial charge in [0.1, 0.15) is 11.7 Å². The Hall–Kier alpha value is -2.37. The van der Waals surface area contributed by atoms with E-state index in [0.29, 0.717) is 34.3 Å². The van der Waals surface area contributed by atoms with Crippen LogP contribution in [-0.4, -0.2) is 107 Å². The number of carbonyl (C=O) groups is 2. The predicted octanol–water partition coefficient (Wildman–Crippen LogP) is 7.25. The summed E-state index contributed by atoms with van der Waals surface area (Å²) in [4.78, 5) is 33.7. The molecule has 0 spiro atoms. The maximum absolute atomic E-state index is 11.2. The van der Waals surface area contributed by atoms with E-state index < -0.39 is 11.9 Å². The molecule has 5 unspecified atom stereocenters. The minimum atomic E-state index is -0.687. The van der Waals surface area contributed by atoms with Crippen LogP contribution in [0.1, 0.15) is 97.1 Å². The number of carboxylic acid groups (broad SMARTS) is 2. The van der Waals surface area contributed by atoms with E-state index in [0.717, 1.165) is 75.6 Å². The molecule has 0 aliphatic carbocycles. The van der Waals surface area contributed by atoms with Crippen molar-refractivity contribution in [1.82, 2.24) is 25.1 Å². The van der Waals surface area contributed by atoms with Gasteiger partial charge in [-0.15, -0.1) is 0 Å². The summed E-state index contributed by atoms with van der Waals surface area (Å²) in [6.07, 6.45) is 8.25. The lowest BCUT2D eigenvalue weighted by Crippen LogP contribution is -2.52. The van der Waals surface area contributed by atoms with E-state index in [9.17, 15) is 14.7 Å². The number of rotatable bonds is 13. The summed E-state index contributed by atoms with van der Waals surface area (Å²) < 4.78 is 0. The molecule has 0 saturated carbocycles. The van der Waals surface area contributed by atoms with Crippen molar-refractivity contribution in [2.24, 2.45) is 22.7 Å². The van der Waals surface area contributed by atoms with Gasteiger partial charge in [0.2, 0.25) is 0 Å². The lowest BCUT2D eigenvalue weighted by atomic mass is 9.87. The van der Waals surface area contributed by atoms with Crippen molar-refractivity contribution in [2.75, 3.05) is 52.9 Å². The Balaban J connectivity index is 0.000000388. The third-order valence-electron chi connectivity index (χ3n) is 10.3. The Labute approximate surface area is 304 Å². The second kappa shape index (κ2) is 20.5. The number of amidine groups is 1. The average molecular weight is 724 g/mol. The Morgan fingerprint density at radius 3 is 2.41 bits per heavy atom. The molecule has 0 radical (unpaired) electrons. The second-order valence-electron chi connectivity index (χ2n) is 14.1. The van der Waals surface area contributed by atoms with Gasteiger partial charge in [0.25, 0.3) is 0 Å². The fraction of sp³-hybridized carbons (Fsp3) is 0.703. The molecule has 49 heavy (non-hydrogen) atoms. The van der Waals surface area contributed by atoms with Crippen LogP contribution in [-0.2, 0) is 9.59 Å². The zero-order valence-electron chi connectivity index (χ0n) is 30.3. The number of nitrogens with zero attached hydrogens (tertiary/aromatic N) is 5. The van der Waals surface area contributed by atoms with E-state index in [1.165, 1.54) is 32.4 Å². The van der Waals surface area contributed by atoms with Gasteiger partial charge in [-0.25, -0.2) is 10.4 Å². The zero-order valence-corrected chi connectivity index (χ0v) is 31.9. The molecule has 0 amide bonds. The first-order chi connectivity index (χ1) is 23.3. The SMILES string of the molecule is C=C(/N=C(\C)N(NC)C(C)c1ccc(Cl)cc1Cl)N1CCC(N2CCCC(CC(=O)O)C2)C(C)C1.CCCN1CCCC(CCC(=O)O)C1. The van der Waals surface area contributed by atoms with Crippen molar-refractivity contribution < 1.29 is 19.8 Å². The van der Waals surface area contributed by atoms with Crippen LogP contribution in [0.25, 0.3) is 0 Å². The third-order valence-corrected chi connectivity index (χ3v) is 10.9. The normalized spacial score (nSPS) is 24.5. The van der Waals surface area contributed by atoms with Crippen LogP contribution in [0.3, 0.4) is 0 Å². The van der Waals surface area contributed by atoms with Crippen LogP contribution in [0.2, 0.25) is 10.0 Å². The van der Waals surface area contributed by atoms with Gasteiger partial charge in [-0.1, -0.05) is 49.7 Å². The van der Waals surface area contributed by atoms with E-state index in [4.69, 9.17) is 33.3 Å². The van der Waals surface area contributed by atoms with E-state index in [1.54, 1.807) is 6.07 Å². The molecule has 3 N–H and O–H groups in total. The summed E-state index contributed by atoms with van der Waals surface area (Å²) in [7, 11) is 1.87. The fourth-order valence-corrected chi connectivity index (χ4v) is 8.45. The number of carboxylic acids is 2. The quantitative estimate of drug-likeness (QED) is 0.110. The van der Waals surface area contributed by atoms with Crippen LogP contribution >= 0.6 is 23.2 Å². The van der Waals surface area contributed by atoms with Gasteiger partial charge < -0.3 is 20.0 Å². The van der Waals surface area contributed by atoms with Gasteiger partial charge in [0.15, 0.2) is 0 Å². The van der Waals surface area contributed by atoms with Gasteiger partial charge in [-0.2, -0.15) is 0 Å². The maximum atomic E-state index is 11.2. The third kappa shape index (κ3) is 13.0. The molecule has 3 saturated heterocycles. The summed E-state index contributed by atoms with van der Waals surface area (Å²) in [6, 6.07) is 5.96. The van der Waals surface area contributed by atoms with E-state index in [-0.39, 0.29) is 18.4 Å². The smallest absolute Gasteiger partial charge is 0.303 e. The van der Waals surface area contributed by atoms with Gasteiger partial charge in [0.05, 0.1) is 6.04 Å². The Bertz CT molecular complexity index is 1260. The van der Waals surface area contributed by atoms with Crippen LogP contribution < -0.4 is 5.43 Å². The monoisotopic (exact) mass is 722 g/mol. The molecular weight excluding hydrogens is 663 g/mol. The number of hydrogen-bond acceptors (Lipinski definition) is 7. The number of halogens is 2. The first-order valence-corrected chi connectivity index (χ1v) is 18.9. The molecule has 10 nitrogen and oxygen atoms in total. The lowest BCUT2D eigenvalue weighted by Gasteiger charge is -2.46. The van der Waals surface area contributed by atoms with Crippen LogP contribution in [0.15, 0.2) is 35.6 Å². The molecule has 0 aromatic heterocycles. The van der Waals surface area contributed by atoms with Gasteiger partial charge in [0, 0.05) is 62.2 Å². The fourth-order valence-electron chi connectivity index (χ4n) is 7.88. The topological polar surface area (TPSA) is 112 Å². The molecule has 3 aliphatic rings. The summed E-state index contributed by atoms with van der Waals surface area (Å²) in [5.41, 5.74) is 4.19. The first kappa shape index (κ1) is 41.1. The highest BCUT2D eigenvalue weighted by molar-refractivity contribution is 6.35. The summed E-state index contributed by atoms with van der Waals surface area (Å²) in [5.74, 6) is 1.55. The van der Waals surface area contributed by atoms with E-state index in [1.807, 2.05) is 31.1 Å². The van der Waals surface area contributed by atoms with E-state index in [2.05, 4.69) is 47.5 Å². The van der Waals surface area contributed by atoms with Gasteiger partial charge >= 0.3 is 11.9 Å². The highest BCUT2D eigenvalue weighted by Gasteiger charge is 2.34. The molecule has 1 aromatic carbocycles. The first-order valence-electron chi connectivity index (χ1n) is 18.1. The van der Waals surface area contributed by atoms with Crippen molar-refractivity contribution in [3.63, 3.8) is 0 Å². The second-order valence-corrected chi connectivity index (χ2v) is 15.0. The lowest BCUT2D eigenvalue weighted by molar-refractivity contribution is -0.139. The molecular formula is C37H60Cl2N6O4. The average Bonchev–Trinajstić information content (AvgIpc) is 3.04. The molecule has 276 valence electrons. The van der Waals surface area contributed by atoms with Crippen molar-refractivity contribution in [3.8, 4) is 0 Å². The highest BCUT2D eigenvalue weighted by Crippen LogP contribution is 2.31. The number of likely N-dealkylation sites (tertiary alicyclic amines) is 3. The van der Waals surface area contributed by atoms with Crippen molar-refractivity contribution in [2.45, 2.75) is 97.6 Å². The van der Waals surface area contributed by atoms with Gasteiger partial charge in [-0.3, -0.25) is 19.5 Å². The van der Waals surface area contributed by atoms with Gasteiger partial charge in [-0.05, 0) is 114 Å². The number of hydrazine groups is 1. The standard InChI is InChI=1S/C26H39Cl2N5O2.C11H21NO2/c1-17-15-31(12-10-25(17)32-11-6-7-21(16-32)13-26(34)35)19(3)30-20(4)33(29-5)18(2)23-9-8-22(27)14-24(23)28;1-2-7-12-8-3-4-10(9-12)5-6-11(13)14/h8-9,14,17-18,21,25,29H,3,6-7,10-13,15-16H2,1-2,4-5H3,(H,34,35);10H,2-9H2,1H3,(H,13,14)/b30-20+;. The summed E-state index contributed by atoms with van der Waals surface area (Å²) in [5, 5.41) is 21.0. The highest BCUT2D eigenvalue weighted by atomic mass is 35.5. The molecule has 5 atom stereocenters. The number of hydrogen-bond donors (Lipinski definition) is 3. The van der Waals surface area contributed by atoms with Crippen LogP contribution in [0.5, 0.6) is 0 Å². The Morgan fingerprint density at radius 1 is 1.06 bits per heavy atom. The van der Waals surface area contributed by atoms with Crippen molar-refractivity contribution in [1.29, 1.82) is 0 Å². The molecule has 0 bridgehead atoms. The molecule has 3 heterocycles. The Kier molecular flexibility index (Phi) is 17.2. The molecule has 3 aliphatic heterocycles.